The average molecular weight is 490 g/mol. The minimum atomic E-state index is -2.93. The second-order valence-corrected chi connectivity index (χ2v) is 8.07. The van der Waals surface area contributed by atoms with Gasteiger partial charge in [0.1, 0.15) is 0 Å². The van der Waals surface area contributed by atoms with Gasteiger partial charge >= 0.3 is 6.55 Å². The molecular weight excluding hydrogens is 472 g/mol. The molecule has 182 valence electrons. The third-order valence-electron chi connectivity index (χ3n) is 6.10. The fourth-order valence-electron chi connectivity index (χ4n) is 4.44. The molecule has 0 saturated carbocycles. The maximum atomic E-state index is 14.1. The number of methoxy groups -OCH3 is 1. The number of aromatic nitrogens is 3. The number of fused-ring (bicyclic) bond motifs is 4. The Kier molecular flexibility index (Phi) is 5.47. The van der Waals surface area contributed by atoms with Crippen LogP contribution in [0.5, 0.6) is 5.88 Å². The zero-order chi connectivity index (χ0) is 25.0. The average Bonchev–Trinajstić information content (AvgIpc) is 3.22. The molecule has 0 fully saturated rings. The highest BCUT2D eigenvalue weighted by atomic mass is 19.3. The van der Waals surface area contributed by atoms with Crippen molar-refractivity contribution in [2.75, 3.05) is 20.8 Å². The van der Waals surface area contributed by atoms with Gasteiger partial charge < -0.3 is 19.4 Å². The topological polar surface area (TPSA) is 89.4 Å². The zero-order valence-electron chi connectivity index (χ0n) is 18.4. The maximum Gasteiger partial charge on any atom is 0.336 e. The molecule has 4 aromatic rings. The van der Waals surface area contributed by atoms with E-state index in [1.165, 1.54) is 37.3 Å². The van der Waals surface area contributed by atoms with Crippen molar-refractivity contribution in [1.82, 2.24) is 19.7 Å². The molecule has 0 radical (unpaired) electrons. The molecule has 1 amide bonds. The Morgan fingerprint density at radius 2 is 1.91 bits per heavy atom. The third kappa shape index (κ3) is 3.60. The fraction of sp³-hybridized carbons (Fsp3) is 0.261. The van der Waals surface area contributed by atoms with E-state index in [9.17, 15) is 27.2 Å². The first-order valence-electron chi connectivity index (χ1n) is 10.4. The number of H-pyrrole nitrogens is 1. The molecule has 0 spiro atoms. The normalized spacial score (nSPS) is 15.6. The number of alkyl halides is 2. The van der Waals surface area contributed by atoms with E-state index in [-0.39, 0.29) is 46.3 Å². The summed E-state index contributed by atoms with van der Waals surface area (Å²) in [4.78, 5) is 29.8. The maximum absolute atomic E-state index is 14.1. The van der Waals surface area contributed by atoms with E-state index in [0.717, 1.165) is 12.1 Å². The van der Waals surface area contributed by atoms with E-state index in [1.54, 1.807) is 0 Å². The summed E-state index contributed by atoms with van der Waals surface area (Å²) >= 11 is 0. The molecule has 0 saturated heterocycles. The van der Waals surface area contributed by atoms with Crippen molar-refractivity contribution < 1.29 is 31.8 Å². The van der Waals surface area contributed by atoms with Gasteiger partial charge in [-0.1, -0.05) is 0 Å². The minimum Gasteiger partial charge on any atom is -0.481 e. The summed E-state index contributed by atoms with van der Waals surface area (Å²) in [5.74, 6) is -2.98. The fourth-order valence-corrected chi connectivity index (χ4v) is 4.44. The summed E-state index contributed by atoms with van der Waals surface area (Å²) in [6.07, 6.45) is 0. The van der Waals surface area contributed by atoms with Crippen molar-refractivity contribution in [3.05, 3.63) is 69.1 Å². The number of carbonyl (C=O) groups is 1. The Hall–Kier alpha value is -3.93. The number of amides is 1. The van der Waals surface area contributed by atoms with E-state index in [0.29, 0.717) is 15.9 Å². The van der Waals surface area contributed by atoms with Gasteiger partial charge in [0.15, 0.2) is 11.6 Å². The van der Waals surface area contributed by atoms with Gasteiger partial charge in [-0.3, -0.25) is 9.59 Å². The number of rotatable bonds is 4. The molecule has 5 rings (SSSR count). The van der Waals surface area contributed by atoms with Crippen molar-refractivity contribution in [2.24, 2.45) is 0 Å². The minimum absolute atomic E-state index is 0.0218. The van der Waals surface area contributed by atoms with Crippen LogP contribution in [0, 0.1) is 11.6 Å². The summed E-state index contributed by atoms with van der Waals surface area (Å²) in [6.45, 7) is -2.88. The number of hydrogen-bond acceptors (Lipinski definition) is 5. The number of hydrogen-bond donors (Lipinski definition) is 1. The largest absolute Gasteiger partial charge is 0.481 e. The summed E-state index contributed by atoms with van der Waals surface area (Å²) in [5, 5.41) is 4.14. The summed E-state index contributed by atoms with van der Waals surface area (Å²) in [6, 6.07) is 5.26. The van der Waals surface area contributed by atoms with E-state index in [4.69, 9.17) is 9.47 Å². The Balaban J connectivity index is 1.59. The highest BCUT2D eigenvalue weighted by molar-refractivity contribution is 5.99. The predicted octanol–water partition coefficient (Wildman–Crippen LogP) is 3.90. The third-order valence-corrected chi connectivity index (χ3v) is 6.10. The van der Waals surface area contributed by atoms with Crippen LogP contribution in [-0.2, 0) is 11.3 Å². The van der Waals surface area contributed by atoms with Gasteiger partial charge in [-0.25, -0.2) is 8.78 Å². The zero-order valence-corrected chi connectivity index (χ0v) is 18.4. The molecule has 1 aliphatic rings. The first-order chi connectivity index (χ1) is 16.7. The lowest BCUT2D eigenvalue weighted by atomic mass is 9.95. The number of ether oxygens (including phenoxy) is 2. The Morgan fingerprint density at radius 3 is 2.60 bits per heavy atom. The highest BCUT2D eigenvalue weighted by Gasteiger charge is 2.32. The summed E-state index contributed by atoms with van der Waals surface area (Å²) in [7, 11) is 2.71. The van der Waals surface area contributed by atoms with Crippen LogP contribution in [0.1, 0.15) is 34.2 Å². The number of pyridine rings is 1. The van der Waals surface area contributed by atoms with Gasteiger partial charge in [0, 0.05) is 23.9 Å². The van der Waals surface area contributed by atoms with Crippen LogP contribution in [0.3, 0.4) is 0 Å². The van der Waals surface area contributed by atoms with Crippen LogP contribution in [0.15, 0.2) is 35.1 Å². The van der Waals surface area contributed by atoms with Gasteiger partial charge in [0.25, 0.3) is 11.5 Å². The number of halogens is 4. The predicted molar refractivity (Wildman–Crippen MR) is 117 cm³/mol. The number of nitrogens with zero attached hydrogens (tertiary/aromatic N) is 3. The molecule has 1 aliphatic heterocycles. The van der Waals surface area contributed by atoms with Gasteiger partial charge in [0.05, 0.1) is 42.7 Å². The lowest BCUT2D eigenvalue weighted by Gasteiger charge is -2.34. The molecule has 1 atom stereocenters. The van der Waals surface area contributed by atoms with E-state index >= 15 is 0 Å². The Morgan fingerprint density at radius 1 is 1.20 bits per heavy atom. The molecule has 12 heteroatoms. The van der Waals surface area contributed by atoms with Crippen molar-refractivity contribution in [3.63, 3.8) is 0 Å². The lowest BCUT2D eigenvalue weighted by molar-refractivity contribution is 0.0336. The van der Waals surface area contributed by atoms with Crippen molar-refractivity contribution >= 4 is 27.6 Å². The van der Waals surface area contributed by atoms with Crippen LogP contribution in [-0.4, -0.2) is 46.3 Å². The molecule has 1 N–H and O–H groups in total. The van der Waals surface area contributed by atoms with Crippen molar-refractivity contribution in [1.29, 1.82) is 0 Å². The molecule has 8 nitrogen and oxygen atoms in total. The molecule has 3 heterocycles. The number of aromatic amines is 1. The second kappa shape index (κ2) is 8.38. The lowest BCUT2D eigenvalue weighted by Crippen LogP contribution is -2.37. The SMILES string of the molecule is COc1c2cc(C(=O)N(C)[C@@H]3COCc4[nH]c(=O)c5cc(F)c(F)cc5c43)ccc2nn1C(F)F. The van der Waals surface area contributed by atoms with E-state index in [2.05, 4.69) is 10.1 Å². The molecule has 35 heavy (non-hydrogen) atoms. The Bertz CT molecular complexity index is 1550. The highest BCUT2D eigenvalue weighted by Crippen LogP contribution is 2.35. The number of nitrogens with one attached hydrogen (secondary N) is 1. The van der Waals surface area contributed by atoms with Gasteiger partial charge in [0.2, 0.25) is 5.88 Å². The standard InChI is InChI=1S/C23H18F4N4O4/c1-30(21(33)10-3-4-16-13(5-10)22(34-2)31(29-16)23(26)27)18-9-35-8-17-19(18)11-6-14(24)15(25)7-12(11)20(32)28-17/h3-7,18,23H,8-9H2,1-2H3,(H,28,32)/t18-/m1/s1. The van der Waals surface area contributed by atoms with Crippen molar-refractivity contribution in [3.8, 4) is 5.88 Å². The molecular formula is C23H18F4N4O4. The van der Waals surface area contributed by atoms with Gasteiger partial charge in [-0.05, 0) is 35.7 Å². The van der Waals surface area contributed by atoms with Crippen LogP contribution < -0.4 is 10.3 Å². The van der Waals surface area contributed by atoms with E-state index < -0.39 is 35.7 Å². The smallest absolute Gasteiger partial charge is 0.336 e. The monoisotopic (exact) mass is 490 g/mol. The second-order valence-electron chi connectivity index (χ2n) is 8.07. The first kappa shape index (κ1) is 22.8. The molecule has 2 aromatic carbocycles. The summed E-state index contributed by atoms with van der Waals surface area (Å²) in [5.41, 5.74) is 0.549. The Labute approximate surface area is 194 Å². The van der Waals surface area contributed by atoms with Crippen LogP contribution in [0.2, 0.25) is 0 Å². The quantitative estimate of drug-likeness (QED) is 0.439. The van der Waals surface area contributed by atoms with Crippen LogP contribution >= 0.6 is 0 Å². The molecule has 0 unspecified atom stereocenters. The number of benzene rings is 2. The van der Waals surface area contributed by atoms with Crippen LogP contribution in [0.25, 0.3) is 21.7 Å². The van der Waals surface area contributed by atoms with Crippen LogP contribution in [0.4, 0.5) is 17.6 Å². The van der Waals surface area contributed by atoms with Gasteiger partial charge in [-0.2, -0.15) is 18.6 Å². The molecule has 2 aromatic heterocycles. The first-order valence-corrected chi connectivity index (χ1v) is 10.4. The molecule has 0 bridgehead atoms. The van der Waals surface area contributed by atoms with E-state index in [1.807, 2.05) is 0 Å². The number of likely N-dealkylation sites (N-methyl/N-ethyl adjacent to an activating group) is 1. The van der Waals surface area contributed by atoms with Gasteiger partial charge in [-0.15, -0.1) is 0 Å². The molecule has 0 aliphatic carbocycles. The van der Waals surface area contributed by atoms with Crippen molar-refractivity contribution in [2.45, 2.75) is 19.2 Å². The summed E-state index contributed by atoms with van der Waals surface area (Å²) < 4.78 is 65.6. The number of carbonyl (C=O) groups excluding carboxylic acids is 1.